The molecule has 0 aliphatic carbocycles. The van der Waals surface area contributed by atoms with Crippen LogP contribution in [0.25, 0.3) is 0 Å². The van der Waals surface area contributed by atoms with Crippen molar-refractivity contribution in [1.82, 2.24) is 0 Å². The van der Waals surface area contributed by atoms with E-state index in [2.05, 4.69) is 0 Å². The third kappa shape index (κ3) is 2.51. The number of aliphatic carboxylic acids is 3. The first-order chi connectivity index (χ1) is 7.79. The van der Waals surface area contributed by atoms with Crippen molar-refractivity contribution in [2.24, 2.45) is 5.92 Å². The molecule has 1 aliphatic heterocycles. The molecular formula is C9H9O7P. The first kappa shape index (κ1) is 13.3. The molecule has 7 nitrogen and oxygen atoms in total. The van der Waals surface area contributed by atoms with Crippen LogP contribution >= 0.6 is 8.20 Å². The highest BCUT2D eigenvalue weighted by molar-refractivity contribution is 7.47. The van der Waals surface area contributed by atoms with Crippen LogP contribution in [0.3, 0.4) is 0 Å². The molecule has 0 aromatic carbocycles. The molecule has 1 rings (SSSR count). The summed E-state index contributed by atoms with van der Waals surface area (Å²) in [5.74, 6) is -5.21. The maximum absolute atomic E-state index is 11.0. The lowest BCUT2D eigenvalue weighted by Crippen LogP contribution is -2.53. The van der Waals surface area contributed by atoms with Crippen molar-refractivity contribution in [3.63, 3.8) is 0 Å². The Bertz CT molecular complexity index is 439. The standard InChI is InChI=1S/C9H9O7P/c10-5(11)3-9(16,8(14)15)6(7(12)13)4-1-2-17-4/h1-2,6,16H,3H2,(H,10,11)(H,12,13)(H,14,15). The van der Waals surface area contributed by atoms with Crippen LogP contribution in [0.15, 0.2) is 11.9 Å². The Morgan fingerprint density at radius 2 is 1.82 bits per heavy atom. The molecule has 0 saturated heterocycles. The van der Waals surface area contributed by atoms with Crippen LogP contribution in [-0.2, 0) is 14.4 Å². The summed E-state index contributed by atoms with van der Waals surface area (Å²) in [4.78, 5) is 32.5. The lowest BCUT2D eigenvalue weighted by atomic mass is 9.82. The molecule has 4 N–H and O–H groups in total. The van der Waals surface area contributed by atoms with Gasteiger partial charge in [0.2, 0.25) is 0 Å². The van der Waals surface area contributed by atoms with Gasteiger partial charge in [0, 0.05) is 0 Å². The van der Waals surface area contributed by atoms with E-state index in [1.807, 2.05) is 0 Å². The number of allylic oxidation sites excluding steroid dienone is 1. The molecule has 92 valence electrons. The molecule has 8 heteroatoms. The van der Waals surface area contributed by atoms with Gasteiger partial charge in [0.05, 0.1) is 6.42 Å². The van der Waals surface area contributed by atoms with Crippen LogP contribution < -0.4 is 0 Å². The number of carboxylic acid groups (broad SMARTS) is 3. The Labute approximate surface area is 96.8 Å². The van der Waals surface area contributed by atoms with E-state index in [9.17, 15) is 19.5 Å². The highest BCUT2D eigenvalue weighted by atomic mass is 31.1. The van der Waals surface area contributed by atoms with Crippen LogP contribution in [0, 0.1) is 5.92 Å². The van der Waals surface area contributed by atoms with Gasteiger partial charge in [-0.3, -0.25) is 9.59 Å². The van der Waals surface area contributed by atoms with Crippen molar-refractivity contribution >= 4 is 31.4 Å². The van der Waals surface area contributed by atoms with Gasteiger partial charge in [-0.25, -0.2) is 4.79 Å². The van der Waals surface area contributed by atoms with Crippen molar-refractivity contribution in [2.45, 2.75) is 12.0 Å². The number of carboxylic acids is 3. The van der Waals surface area contributed by atoms with E-state index in [0.717, 1.165) is 0 Å². The summed E-state index contributed by atoms with van der Waals surface area (Å²) in [5.41, 5.74) is -2.84. The van der Waals surface area contributed by atoms with Crippen LogP contribution in [0.4, 0.5) is 0 Å². The molecule has 0 amide bonds. The fourth-order valence-corrected chi connectivity index (χ4v) is 2.23. The molecule has 1 aliphatic rings. The number of hydrogen-bond donors (Lipinski definition) is 4. The number of aliphatic hydroxyl groups is 1. The van der Waals surface area contributed by atoms with Gasteiger partial charge < -0.3 is 20.4 Å². The van der Waals surface area contributed by atoms with Gasteiger partial charge in [0.25, 0.3) is 0 Å². The number of carbonyl (C=O) groups is 3. The third-order valence-electron chi connectivity index (χ3n) is 2.28. The Morgan fingerprint density at radius 3 is 2.06 bits per heavy atom. The van der Waals surface area contributed by atoms with Crippen molar-refractivity contribution in [3.05, 3.63) is 11.9 Å². The average Bonchev–Trinajstić information content (AvgIpc) is 2.08. The zero-order chi connectivity index (χ0) is 13.2. The van der Waals surface area contributed by atoms with Crippen LogP contribution in [0.2, 0.25) is 0 Å². The minimum Gasteiger partial charge on any atom is -0.481 e. The highest BCUT2D eigenvalue weighted by Crippen LogP contribution is 2.31. The van der Waals surface area contributed by atoms with Crippen LogP contribution in [0.1, 0.15) is 6.42 Å². The zero-order valence-corrected chi connectivity index (χ0v) is 9.29. The first-order valence-corrected chi connectivity index (χ1v) is 5.40. The lowest BCUT2D eigenvalue weighted by Gasteiger charge is -2.29. The fourth-order valence-electron chi connectivity index (χ4n) is 1.44. The van der Waals surface area contributed by atoms with E-state index < -0.39 is 35.8 Å². The van der Waals surface area contributed by atoms with Gasteiger partial charge in [-0.2, -0.15) is 0 Å². The summed E-state index contributed by atoms with van der Waals surface area (Å²) in [7, 11) is 0.470. The maximum Gasteiger partial charge on any atom is 0.337 e. The average molecular weight is 260 g/mol. The van der Waals surface area contributed by atoms with Crippen LogP contribution in [0.5, 0.6) is 0 Å². The van der Waals surface area contributed by atoms with E-state index >= 15 is 0 Å². The van der Waals surface area contributed by atoms with E-state index in [0.29, 0.717) is 8.20 Å². The number of rotatable bonds is 6. The van der Waals surface area contributed by atoms with E-state index in [1.165, 1.54) is 6.08 Å². The molecule has 0 radical (unpaired) electrons. The Hall–Kier alpha value is -1.72. The lowest BCUT2D eigenvalue weighted by molar-refractivity contribution is -0.174. The molecule has 2 unspecified atom stereocenters. The summed E-state index contributed by atoms with van der Waals surface area (Å²) in [6.45, 7) is 0. The second-order valence-corrected chi connectivity index (χ2v) is 4.51. The van der Waals surface area contributed by atoms with Gasteiger partial charge in [0.15, 0.2) is 5.60 Å². The Balaban J connectivity index is 3.13. The Morgan fingerprint density at radius 1 is 1.29 bits per heavy atom. The van der Waals surface area contributed by atoms with Crippen LogP contribution in [-0.4, -0.2) is 49.2 Å². The third-order valence-corrected chi connectivity index (χ3v) is 3.28. The summed E-state index contributed by atoms with van der Waals surface area (Å²) >= 11 is 0. The fraction of sp³-hybridized carbons (Fsp3) is 0.333. The molecular weight excluding hydrogens is 251 g/mol. The summed E-state index contributed by atoms with van der Waals surface area (Å²) < 4.78 is 0. The maximum atomic E-state index is 11.0. The Kier molecular flexibility index (Phi) is 3.65. The summed E-state index contributed by atoms with van der Waals surface area (Å²) in [6.07, 6.45) is 0.183. The number of hydrogen-bond acceptors (Lipinski definition) is 4. The molecule has 0 bridgehead atoms. The molecule has 1 heterocycles. The molecule has 0 aromatic heterocycles. The molecule has 2 atom stereocenters. The predicted octanol–water partition coefficient (Wildman–Crippen LogP) is -0.377. The zero-order valence-electron chi connectivity index (χ0n) is 8.40. The van der Waals surface area contributed by atoms with Crippen molar-refractivity contribution in [1.29, 1.82) is 0 Å². The minimum absolute atomic E-state index is 0.170. The largest absolute Gasteiger partial charge is 0.481 e. The van der Waals surface area contributed by atoms with Gasteiger partial charge >= 0.3 is 17.9 Å². The first-order valence-electron chi connectivity index (χ1n) is 4.43. The van der Waals surface area contributed by atoms with Gasteiger partial charge in [-0.15, -0.1) is 0 Å². The SMILES string of the molecule is O=C(O)CC(O)(C(=O)O)C(C(=O)O)C1=PC=C1. The molecule has 0 saturated carbocycles. The predicted molar refractivity (Wildman–Crippen MR) is 57.0 cm³/mol. The van der Waals surface area contributed by atoms with E-state index in [1.54, 1.807) is 5.82 Å². The quantitative estimate of drug-likeness (QED) is 0.478. The monoisotopic (exact) mass is 260 g/mol. The summed E-state index contributed by atoms with van der Waals surface area (Å²) in [5, 5.41) is 36.3. The van der Waals surface area contributed by atoms with Crippen molar-refractivity contribution < 1.29 is 34.8 Å². The molecule has 0 aromatic rings. The smallest absolute Gasteiger partial charge is 0.337 e. The summed E-state index contributed by atoms with van der Waals surface area (Å²) in [6, 6.07) is 0. The van der Waals surface area contributed by atoms with E-state index in [4.69, 9.17) is 15.3 Å². The normalized spacial score (nSPS) is 19.5. The van der Waals surface area contributed by atoms with Gasteiger partial charge in [-0.1, -0.05) is 8.20 Å². The second kappa shape index (κ2) is 4.65. The van der Waals surface area contributed by atoms with E-state index in [-0.39, 0.29) is 5.29 Å². The topological polar surface area (TPSA) is 132 Å². The van der Waals surface area contributed by atoms with Gasteiger partial charge in [0.1, 0.15) is 5.92 Å². The minimum atomic E-state index is -2.84. The van der Waals surface area contributed by atoms with Crippen molar-refractivity contribution in [2.75, 3.05) is 0 Å². The molecule has 0 spiro atoms. The van der Waals surface area contributed by atoms with Gasteiger partial charge in [-0.05, 0) is 17.2 Å². The highest BCUT2D eigenvalue weighted by Gasteiger charge is 2.52. The second-order valence-electron chi connectivity index (χ2n) is 3.44. The molecule has 0 fully saturated rings. The molecule has 17 heavy (non-hydrogen) atoms. The van der Waals surface area contributed by atoms with Crippen molar-refractivity contribution in [3.8, 4) is 0 Å².